The SMILES string of the molecule is CCC(CN)C(O)c1cncc2ccccc12. The highest BCUT2D eigenvalue weighted by atomic mass is 16.3. The minimum atomic E-state index is -0.538. The average molecular weight is 230 g/mol. The predicted octanol–water partition coefficient (Wildman–Crippen LogP) is 2.25. The van der Waals surface area contributed by atoms with Gasteiger partial charge in [-0.15, -0.1) is 0 Å². The minimum Gasteiger partial charge on any atom is -0.388 e. The van der Waals surface area contributed by atoms with E-state index < -0.39 is 6.10 Å². The van der Waals surface area contributed by atoms with Crippen molar-refractivity contribution in [2.45, 2.75) is 19.4 Å². The summed E-state index contributed by atoms with van der Waals surface area (Å²) in [6.07, 6.45) is 3.88. The molecule has 0 spiro atoms. The molecule has 2 aromatic rings. The minimum absolute atomic E-state index is 0.0857. The van der Waals surface area contributed by atoms with Crippen LogP contribution in [-0.4, -0.2) is 16.6 Å². The van der Waals surface area contributed by atoms with Crippen LogP contribution in [0.4, 0.5) is 0 Å². The Kier molecular flexibility index (Phi) is 3.71. The number of aromatic nitrogens is 1. The zero-order valence-corrected chi connectivity index (χ0v) is 10.0. The van der Waals surface area contributed by atoms with Crippen LogP contribution in [0.2, 0.25) is 0 Å². The van der Waals surface area contributed by atoms with E-state index >= 15 is 0 Å². The van der Waals surface area contributed by atoms with Gasteiger partial charge in [-0.25, -0.2) is 0 Å². The van der Waals surface area contributed by atoms with Gasteiger partial charge in [0, 0.05) is 29.3 Å². The molecule has 0 amide bonds. The molecule has 0 aliphatic heterocycles. The number of nitrogens with zero attached hydrogens (tertiary/aromatic N) is 1. The molecule has 0 saturated carbocycles. The number of hydrogen-bond donors (Lipinski definition) is 2. The molecular formula is C14H18N2O. The second-order valence-corrected chi connectivity index (χ2v) is 4.30. The molecule has 0 aliphatic carbocycles. The summed E-state index contributed by atoms with van der Waals surface area (Å²) in [5.41, 5.74) is 6.56. The maximum absolute atomic E-state index is 10.4. The zero-order valence-electron chi connectivity index (χ0n) is 10.0. The highest BCUT2D eigenvalue weighted by molar-refractivity contribution is 5.84. The molecule has 2 rings (SSSR count). The van der Waals surface area contributed by atoms with Gasteiger partial charge in [-0.2, -0.15) is 0 Å². The molecule has 0 aliphatic rings. The van der Waals surface area contributed by atoms with Gasteiger partial charge in [-0.1, -0.05) is 31.2 Å². The third-order valence-electron chi connectivity index (χ3n) is 3.29. The number of nitrogens with two attached hydrogens (primary N) is 1. The van der Waals surface area contributed by atoms with Crippen LogP contribution in [-0.2, 0) is 0 Å². The first kappa shape index (κ1) is 12.0. The van der Waals surface area contributed by atoms with Gasteiger partial charge < -0.3 is 10.8 Å². The van der Waals surface area contributed by atoms with Gasteiger partial charge in [-0.05, 0) is 18.4 Å². The van der Waals surface area contributed by atoms with Crippen molar-refractivity contribution in [2.75, 3.05) is 6.54 Å². The number of aliphatic hydroxyl groups is 1. The molecule has 0 radical (unpaired) electrons. The van der Waals surface area contributed by atoms with E-state index in [0.29, 0.717) is 6.54 Å². The summed E-state index contributed by atoms with van der Waals surface area (Å²) in [6.45, 7) is 2.53. The first-order chi connectivity index (χ1) is 8.27. The van der Waals surface area contributed by atoms with E-state index in [1.807, 2.05) is 37.4 Å². The highest BCUT2D eigenvalue weighted by Crippen LogP contribution is 2.29. The fourth-order valence-electron chi connectivity index (χ4n) is 2.15. The smallest absolute Gasteiger partial charge is 0.0851 e. The maximum atomic E-state index is 10.4. The highest BCUT2D eigenvalue weighted by Gasteiger charge is 2.19. The maximum Gasteiger partial charge on any atom is 0.0851 e. The number of aliphatic hydroxyl groups excluding tert-OH is 1. The van der Waals surface area contributed by atoms with Crippen molar-refractivity contribution < 1.29 is 5.11 Å². The Morgan fingerprint density at radius 3 is 2.76 bits per heavy atom. The fourth-order valence-corrected chi connectivity index (χ4v) is 2.15. The average Bonchev–Trinajstić information content (AvgIpc) is 2.39. The van der Waals surface area contributed by atoms with Crippen LogP contribution < -0.4 is 5.73 Å². The van der Waals surface area contributed by atoms with Crippen molar-refractivity contribution in [3.05, 3.63) is 42.2 Å². The standard InChI is InChI=1S/C14H18N2O/c1-2-10(7-15)14(17)13-9-16-8-11-5-3-4-6-12(11)13/h3-6,8-10,14,17H,2,7,15H2,1H3. The van der Waals surface area contributed by atoms with Crippen LogP contribution in [0.25, 0.3) is 10.8 Å². The van der Waals surface area contributed by atoms with Gasteiger partial charge in [0.15, 0.2) is 0 Å². The third-order valence-corrected chi connectivity index (χ3v) is 3.29. The van der Waals surface area contributed by atoms with E-state index in [9.17, 15) is 5.11 Å². The van der Waals surface area contributed by atoms with Crippen molar-refractivity contribution >= 4 is 10.8 Å². The molecule has 1 aromatic carbocycles. The van der Waals surface area contributed by atoms with E-state index in [2.05, 4.69) is 4.98 Å². The zero-order chi connectivity index (χ0) is 12.3. The van der Waals surface area contributed by atoms with Gasteiger partial charge in [-0.3, -0.25) is 4.98 Å². The molecule has 90 valence electrons. The van der Waals surface area contributed by atoms with E-state index in [1.54, 1.807) is 6.20 Å². The summed E-state index contributed by atoms with van der Waals surface area (Å²) in [7, 11) is 0. The van der Waals surface area contributed by atoms with E-state index in [4.69, 9.17) is 5.73 Å². The summed E-state index contributed by atoms with van der Waals surface area (Å²) in [5.74, 6) is 0.0857. The largest absolute Gasteiger partial charge is 0.388 e. The molecule has 0 saturated heterocycles. The van der Waals surface area contributed by atoms with Crippen LogP contribution >= 0.6 is 0 Å². The second-order valence-electron chi connectivity index (χ2n) is 4.30. The predicted molar refractivity (Wildman–Crippen MR) is 69.5 cm³/mol. The number of pyridine rings is 1. The Morgan fingerprint density at radius 2 is 2.06 bits per heavy atom. The lowest BCUT2D eigenvalue weighted by Gasteiger charge is -2.21. The van der Waals surface area contributed by atoms with Crippen molar-refractivity contribution in [3.63, 3.8) is 0 Å². The third kappa shape index (κ3) is 2.30. The first-order valence-electron chi connectivity index (χ1n) is 5.98. The van der Waals surface area contributed by atoms with Gasteiger partial charge in [0.1, 0.15) is 0 Å². The number of benzene rings is 1. The first-order valence-corrected chi connectivity index (χ1v) is 5.98. The molecule has 2 atom stereocenters. The number of fused-ring (bicyclic) bond motifs is 1. The van der Waals surface area contributed by atoms with E-state index in [-0.39, 0.29) is 5.92 Å². The molecule has 3 N–H and O–H groups in total. The Balaban J connectivity index is 2.47. The summed E-state index contributed by atoms with van der Waals surface area (Å²) in [5, 5.41) is 12.5. The van der Waals surface area contributed by atoms with Gasteiger partial charge >= 0.3 is 0 Å². The molecule has 0 fully saturated rings. The van der Waals surface area contributed by atoms with E-state index in [0.717, 1.165) is 22.8 Å². The Hall–Kier alpha value is -1.45. The normalized spacial score (nSPS) is 14.8. The summed E-state index contributed by atoms with van der Waals surface area (Å²) >= 11 is 0. The molecule has 3 heteroatoms. The lowest BCUT2D eigenvalue weighted by atomic mass is 9.92. The Morgan fingerprint density at radius 1 is 1.29 bits per heavy atom. The Bertz CT molecular complexity index is 489. The van der Waals surface area contributed by atoms with Crippen LogP contribution in [0, 0.1) is 5.92 Å². The van der Waals surface area contributed by atoms with Crippen LogP contribution in [0.5, 0.6) is 0 Å². The van der Waals surface area contributed by atoms with Gasteiger partial charge in [0.2, 0.25) is 0 Å². The molecule has 0 bridgehead atoms. The van der Waals surface area contributed by atoms with Crippen molar-refractivity contribution in [3.8, 4) is 0 Å². The van der Waals surface area contributed by atoms with Gasteiger partial charge in [0.25, 0.3) is 0 Å². The quantitative estimate of drug-likeness (QED) is 0.847. The lowest BCUT2D eigenvalue weighted by molar-refractivity contribution is 0.111. The molecule has 1 aromatic heterocycles. The van der Waals surface area contributed by atoms with E-state index in [1.165, 1.54) is 0 Å². The van der Waals surface area contributed by atoms with Crippen molar-refractivity contribution in [2.24, 2.45) is 11.7 Å². The van der Waals surface area contributed by atoms with Crippen LogP contribution in [0.3, 0.4) is 0 Å². The van der Waals surface area contributed by atoms with Crippen LogP contribution in [0.15, 0.2) is 36.7 Å². The summed E-state index contributed by atoms with van der Waals surface area (Å²) in [6, 6.07) is 7.96. The molecule has 2 unspecified atom stereocenters. The van der Waals surface area contributed by atoms with Gasteiger partial charge in [0.05, 0.1) is 6.10 Å². The number of hydrogen-bond acceptors (Lipinski definition) is 3. The molecule has 3 nitrogen and oxygen atoms in total. The van der Waals surface area contributed by atoms with Crippen molar-refractivity contribution in [1.29, 1.82) is 0 Å². The fraction of sp³-hybridized carbons (Fsp3) is 0.357. The summed E-state index contributed by atoms with van der Waals surface area (Å²) < 4.78 is 0. The lowest BCUT2D eigenvalue weighted by Crippen LogP contribution is -2.21. The van der Waals surface area contributed by atoms with Crippen molar-refractivity contribution in [1.82, 2.24) is 4.98 Å². The monoisotopic (exact) mass is 230 g/mol. The number of rotatable bonds is 4. The Labute approximate surface area is 101 Å². The molecule has 1 heterocycles. The molecule has 17 heavy (non-hydrogen) atoms. The topological polar surface area (TPSA) is 59.1 Å². The summed E-state index contributed by atoms with van der Waals surface area (Å²) in [4.78, 5) is 4.18. The second kappa shape index (κ2) is 5.25. The van der Waals surface area contributed by atoms with Crippen LogP contribution in [0.1, 0.15) is 25.0 Å². The molecular weight excluding hydrogens is 212 g/mol.